The zero-order valence-corrected chi connectivity index (χ0v) is 38.8. The van der Waals surface area contributed by atoms with Gasteiger partial charge in [-0.2, -0.15) is 9.97 Å². The van der Waals surface area contributed by atoms with E-state index in [4.69, 9.17) is 20.9 Å². The van der Waals surface area contributed by atoms with Gasteiger partial charge in [0.15, 0.2) is 5.82 Å². The number of pyridine rings is 1. The van der Waals surface area contributed by atoms with E-state index in [1.807, 2.05) is 0 Å². The molecule has 5 aromatic rings. The average Bonchev–Trinajstić information content (AvgIpc) is 4.06. The van der Waals surface area contributed by atoms with Gasteiger partial charge in [0.25, 0.3) is 11.8 Å². The first kappa shape index (κ1) is 45.9. The van der Waals surface area contributed by atoms with Crippen LogP contribution >= 0.6 is 0 Å². The number of ether oxygens (including phenoxy) is 2. The van der Waals surface area contributed by atoms with Crippen molar-refractivity contribution >= 4 is 57.2 Å². The zero-order valence-electron chi connectivity index (χ0n) is 38.8. The Morgan fingerprint density at radius 3 is 2.62 bits per heavy atom. The predicted octanol–water partition coefficient (Wildman–Crippen LogP) is 5.00. The molecule has 0 saturated carbocycles. The second-order valence-electron chi connectivity index (χ2n) is 19.5. The number of likely N-dealkylation sites (N-methyl/N-ethyl adjacent to an activating group) is 1. The third kappa shape index (κ3) is 7.94. The van der Waals surface area contributed by atoms with Gasteiger partial charge < -0.3 is 29.7 Å². The Morgan fingerprint density at radius 2 is 1.85 bits per heavy atom. The highest BCUT2D eigenvalue weighted by Gasteiger charge is 2.52. The number of fused-ring (bicyclic) bond motifs is 6. The van der Waals surface area contributed by atoms with Gasteiger partial charge >= 0.3 is 12.1 Å². The van der Waals surface area contributed by atoms with Crippen LogP contribution in [0.15, 0.2) is 60.8 Å². The normalized spacial score (nSPS) is 23.9. The number of anilines is 1. The van der Waals surface area contributed by atoms with Crippen LogP contribution in [0.25, 0.3) is 32.9 Å². The fraction of sp³-hybridized carbons (Fsp3) is 0.385. The number of halogens is 2. The van der Waals surface area contributed by atoms with Gasteiger partial charge in [0, 0.05) is 74.9 Å². The van der Waals surface area contributed by atoms with Crippen LogP contribution in [0.5, 0.6) is 11.8 Å². The second-order valence-corrected chi connectivity index (χ2v) is 19.5. The molecule has 364 valence electrons. The van der Waals surface area contributed by atoms with Crippen molar-refractivity contribution in [1.29, 1.82) is 0 Å². The van der Waals surface area contributed by atoms with Crippen molar-refractivity contribution < 1.29 is 47.3 Å². The van der Waals surface area contributed by atoms with E-state index in [9.17, 15) is 29.1 Å². The lowest BCUT2D eigenvalue weighted by atomic mass is 9.94. The number of nitrogens with zero attached hydrogens (tertiary/aromatic N) is 7. The molecule has 8 heterocycles. The van der Waals surface area contributed by atoms with Crippen molar-refractivity contribution in [2.45, 2.75) is 81.1 Å². The monoisotopic (exact) mass is 965 g/mol. The van der Waals surface area contributed by atoms with E-state index in [1.165, 1.54) is 41.4 Å². The number of hydrogen-bond acceptors (Lipinski definition) is 14. The number of piperazine rings is 1. The minimum Gasteiger partial charge on any atom is -0.508 e. The highest BCUT2D eigenvalue weighted by molar-refractivity contribution is 6.24. The molecule has 3 N–H and O–H groups in total. The Bertz CT molecular complexity index is 3190. The number of carbonyl (C=O) groups is 5. The second kappa shape index (κ2) is 17.7. The predicted molar refractivity (Wildman–Crippen MR) is 254 cm³/mol. The van der Waals surface area contributed by atoms with E-state index in [0.29, 0.717) is 61.1 Å². The van der Waals surface area contributed by atoms with Crippen LogP contribution in [0, 0.1) is 24.0 Å². The summed E-state index contributed by atoms with van der Waals surface area (Å²) >= 11 is 0. The largest absolute Gasteiger partial charge is 0.508 e. The number of benzene rings is 3. The maximum absolute atomic E-state index is 17.2. The Kier molecular flexibility index (Phi) is 11.4. The molecule has 17 nitrogen and oxygen atoms in total. The summed E-state index contributed by atoms with van der Waals surface area (Å²) < 4.78 is 44.7. The molecule has 5 fully saturated rings. The number of terminal acetylenes is 1. The highest BCUT2D eigenvalue weighted by atomic mass is 19.1. The molecule has 19 heteroatoms. The Morgan fingerprint density at radius 1 is 1.04 bits per heavy atom. The summed E-state index contributed by atoms with van der Waals surface area (Å²) in [6.45, 7) is 6.45. The molecule has 2 aromatic heterocycles. The fourth-order valence-electron chi connectivity index (χ4n) is 11.6. The summed E-state index contributed by atoms with van der Waals surface area (Å²) in [5, 5.41) is 17.5. The maximum Gasteiger partial charge on any atom is 0.409 e. The van der Waals surface area contributed by atoms with Gasteiger partial charge in [-0.1, -0.05) is 36.3 Å². The van der Waals surface area contributed by atoms with Crippen molar-refractivity contribution in [1.82, 2.24) is 40.3 Å². The zero-order chi connectivity index (χ0) is 49.5. The molecule has 6 aliphatic heterocycles. The van der Waals surface area contributed by atoms with Gasteiger partial charge in [-0.05, 0) is 80.2 Å². The standard InChI is InChI=1S/C52H49F2N9O8/c1-4-34-38(53)11-8-29-18-33(64)19-36(41(29)34)44-43(54)45-37(21-55-44)46(61-23-30-9-10-31(24-61)56-30)59-50(58-45)71-26-52-16-14-32(62(52)22-27(2)20-52)25-70-51(69)60(3)17-15-28-6-5-7-35-42(28)49(68)63(48(35)67)39-12-13-40(65)57-47(39)66/h1,5-8,11,18-19,21,30-32,39,56,64H,2,9-10,12-17,20,22-26H2,3H3,(H,57,65,66). The first-order chi connectivity index (χ1) is 34.2. The molecule has 5 atom stereocenters. The third-order valence-corrected chi connectivity index (χ3v) is 15.0. The topological polar surface area (TPSA) is 200 Å². The first-order valence-corrected chi connectivity index (χ1v) is 23.8. The third-order valence-electron chi connectivity index (χ3n) is 15.0. The Balaban J connectivity index is 0.803. The molecule has 0 spiro atoms. The molecular weight excluding hydrogens is 917 g/mol. The van der Waals surface area contributed by atoms with Crippen LogP contribution in [0.1, 0.15) is 76.8 Å². The lowest BCUT2D eigenvalue weighted by Gasteiger charge is -2.35. The van der Waals surface area contributed by atoms with E-state index in [1.54, 1.807) is 19.2 Å². The molecule has 0 radical (unpaired) electrons. The molecule has 3 aromatic carbocycles. The minimum atomic E-state index is -1.09. The summed E-state index contributed by atoms with van der Waals surface area (Å²) in [5.74, 6) is -1.19. The molecule has 11 rings (SSSR count). The van der Waals surface area contributed by atoms with Crippen LogP contribution in [0.3, 0.4) is 0 Å². The van der Waals surface area contributed by atoms with Gasteiger partial charge in [0.2, 0.25) is 11.8 Å². The van der Waals surface area contributed by atoms with Crippen LogP contribution in [-0.4, -0.2) is 141 Å². The molecule has 6 aliphatic rings. The van der Waals surface area contributed by atoms with Gasteiger partial charge in [-0.15, -0.1) is 6.42 Å². The molecular formula is C52H49F2N9O8. The number of nitrogens with one attached hydrogen (secondary N) is 2. The maximum atomic E-state index is 17.2. The number of carbonyl (C=O) groups excluding carboxylic acids is 5. The molecule has 5 saturated heterocycles. The summed E-state index contributed by atoms with van der Waals surface area (Å²) in [4.78, 5) is 85.6. The number of imide groups is 2. The highest BCUT2D eigenvalue weighted by Crippen LogP contribution is 2.45. The number of aromatic hydroxyl groups is 1. The van der Waals surface area contributed by atoms with Crippen LogP contribution in [0.2, 0.25) is 0 Å². The van der Waals surface area contributed by atoms with Gasteiger partial charge in [0.05, 0.1) is 27.6 Å². The molecule has 5 amide bonds. The van der Waals surface area contributed by atoms with E-state index in [0.717, 1.165) is 23.3 Å². The van der Waals surface area contributed by atoms with Crippen molar-refractivity contribution in [2.75, 3.05) is 51.3 Å². The van der Waals surface area contributed by atoms with Crippen molar-refractivity contribution in [3.63, 3.8) is 0 Å². The Labute approximate surface area is 406 Å². The van der Waals surface area contributed by atoms with Gasteiger partial charge in [0.1, 0.15) is 47.9 Å². The van der Waals surface area contributed by atoms with Crippen molar-refractivity contribution in [2.24, 2.45) is 0 Å². The van der Waals surface area contributed by atoms with Gasteiger partial charge in [-0.3, -0.25) is 39.3 Å². The van der Waals surface area contributed by atoms with Crippen LogP contribution in [0.4, 0.5) is 19.4 Å². The van der Waals surface area contributed by atoms with E-state index in [2.05, 4.69) is 42.9 Å². The number of phenols is 1. The first-order valence-electron chi connectivity index (χ1n) is 23.8. The SMILES string of the molecule is C#Cc1c(F)ccc2cc(O)cc(-c3ncc4c(N5CC6CCC(C5)N6)nc(OCC56CCC(COC(=O)N(C)CCc7cccc8c7C(=O)N(C7CCC(=O)NC7=O)C8=O)N5CC(=C)C6)nc4c3F)c12. The van der Waals surface area contributed by atoms with E-state index >= 15 is 8.78 Å². The van der Waals surface area contributed by atoms with Crippen molar-refractivity contribution in [3.05, 3.63) is 94.7 Å². The molecule has 2 bridgehead atoms. The van der Waals surface area contributed by atoms with Crippen LogP contribution < -0.4 is 20.3 Å². The summed E-state index contributed by atoms with van der Waals surface area (Å²) in [6, 6.07) is 9.41. The quantitative estimate of drug-likeness (QED) is 0.0908. The number of hydrogen-bond donors (Lipinski definition) is 3. The molecule has 0 aliphatic carbocycles. The summed E-state index contributed by atoms with van der Waals surface area (Å²) in [6.07, 6.45) is 10.9. The van der Waals surface area contributed by atoms with Crippen LogP contribution in [-0.2, 0) is 20.7 Å². The number of rotatable bonds is 11. The minimum absolute atomic E-state index is 0.0102. The number of aromatic nitrogens is 3. The average molecular weight is 966 g/mol. The lowest BCUT2D eigenvalue weighted by molar-refractivity contribution is -0.136. The fourth-order valence-corrected chi connectivity index (χ4v) is 11.6. The lowest BCUT2D eigenvalue weighted by Crippen LogP contribution is -2.54. The number of piperidine rings is 1. The molecule has 71 heavy (non-hydrogen) atoms. The van der Waals surface area contributed by atoms with Gasteiger partial charge in [-0.25, -0.2) is 13.6 Å². The van der Waals surface area contributed by atoms with E-state index < -0.39 is 52.9 Å². The van der Waals surface area contributed by atoms with Crippen molar-refractivity contribution in [3.8, 4) is 35.4 Å². The smallest absolute Gasteiger partial charge is 0.409 e. The Hall–Kier alpha value is -7.56. The number of phenolic OH excluding ortho intramolecular Hbond substituents is 1. The van der Waals surface area contributed by atoms with E-state index in [-0.39, 0.29) is 108 Å². The summed E-state index contributed by atoms with van der Waals surface area (Å²) in [7, 11) is 1.59. The summed E-state index contributed by atoms with van der Waals surface area (Å²) in [5.41, 5.74) is 1.07. The number of amides is 5. The molecule has 5 unspecified atom stereocenters.